The number of aliphatic hydroxyl groups is 1. The minimum absolute atomic E-state index is 0.213. The third kappa shape index (κ3) is 3.78. The quantitative estimate of drug-likeness (QED) is 0.802. The molecule has 2 atom stereocenters. The fourth-order valence-corrected chi connectivity index (χ4v) is 2.13. The molecule has 0 radical (unpaired) electrons. The number of halogens is 1. The van der Waals surface area contributed by atoms with Crippen LogP contribution < -0.4 is 5.32 Å². The molecule has 3 heteroatoms. The molecule has 1 aromatic carbocycles. The SMILES string of the molecule is CCC(CCO)NC(C)c1ccccc1Cl. The Morgan fingerprint density at radius 2 is 2.06 bits per heavy atom. The minimum Gasteiger partial charge on any atom is -0.396 e. The van der Waals surface area contributed by atoms with Crippen molar-refractivity contribution < 1.29 is 5.11 Å². The van der Waals surface area contributed by atoms with E-state index in [1.165, 1.54) is 0 Å². The van der Waals surface area contributed by atoms with E-state index in [0.717, 1.165) is 23.4 Å². The lowest BCUT2D eigenvalue weighted by molar-refractivity contribution is 0.257. The molecule has 0 spiro atoms. The average Bonchev–Trinajstić information content (AvgIpc) is 2.28. The third-order valence-corrected chi connectivity index (χ3v) is 3.17. The maximum absolute atomic E-state index is 8.94. The molecule has 0 bridgehead atoms. The molecule has 1 aromatic rings. The number of benzene rings is 1. The molecule has 90 valence electrons. The molecule has 0 aliphatic carbocycles. The third-order valence-electron chi connectivity index (χ3n) is 2.83. The van der Waals surface area contributed by atoms with E-state index in [2.05, 4.69) is 19.2 Å². The van der Waals surface area contributed by atoms with Crippen LogP contribution in [0.3, 0.4) is 0 Å². The van der Waals surface area contributed by atoms with Gasteiger partial charge in [0.2, 0.25) is 0 Å². The van der Waals surface area contributed by atoms with E-state index in [-0.39, 0.29) is 12.6 Å². The molecular weight excluding hydrogens is 222 g/mol. The van der Waals surface area contributed by atoms with Gasteiger partial charge >= 0.3 is 0 Å². The molecule has 2 unspecified atom stereocenters. The second-order valence-corrected chi connectivity index (χ2v) is 4.43. The summed E-state index contributed by atoms with van der Waals surface area (Å²) in [5.74, 6) is 0. The van der Waals surface area contributed by atoms with Gasteiger partial charge < -0.3 is 10.4 Å². The topological polar surface area (TPSA) is 32.3 Å². The fourth-order valence-electron chi connectivity index (χ4n) is 1.83. The first-order chi connectivity index (χ1) is 7.69. The van der Waals surface area contributed by atoms with Gasteiger partial charge in [-0.05, 0) is 31.4 Å². The number of nitrogens with one attached hydrogen (secondary N) is 1. The zero-order valence-electron chi connectivity index (χ0n) is 9.91. The maximum Gasteiger partial charge on any atom is 0.0453 e. The lowest BCUT2D eigenvalue weighted by atomic mass is 10.1. The van der Waals surface area contributed by atoms with Crippen LogP contribution in [0.4, 0.5) is 0 Å². The van der Waals surface area contributed by atoms with E-state index < -0.39 is 0 Å². The van der Waals surface area contributed by atoms with Crippen LogP contribution in [0.2, 0.25) is 5.02 Å². The van der Waals surface area contributed by atoms with E-state index >= 15 is 0 Å². The highest BCUT2D eigenvalue weighted by atomic mass is 35.5. The zero-order chi connectivity index (χ0) is 12.0. The highest BCUT2D eigenvalue weighted by Crippen LogP contribution is 2.23. The van der Waals surface area contributed by atoms with E-state index in [1.807, 2.05) is 24.3 Å². The number of rotatable bonds is 6. The van der Waals surface area contributed by atoms with Crippen molar-refractivity contribution in [2.24, 2.45) is 0 Å². The Kier molecular flexibility index (Phi) is 5.81. The zero-order valence-corrected chi connectivity index (χ0v) is 10.7. The summed E-state index contributed by atoms with van der Waals surface area (Å²) in [6, 6.07) is 8.42. The molecule has 0 aliphatic heterocycles. The van der Waals surface area contributed by atoms with Crippen LogP contribution in [-0.2, 0) is 0 Å². The van der Waals surface area contributed by atoms with Crippen LogP contribution in [-0.4, -0.2) is 17.8 Å². The van der Waals surface area contributed by atoms with Crippen LogP contribution in [0.5, 0.6) is 0 Å². The maximum atomic E-state index is 8.94. The van der Waals surface area contributed by atoms with Gasteiger partial charge in [0.1, 0.15) is 0 Å². The molecule has 1 rings (SSSR count). The Morgan fingerprint density at radius 1 is 1.38 bits per heavy atom. The lowest BCUT2D eigenvalue weighted by Crippen LogP contribution is -2.31. The highest BCUT2D eigenvalue weighted by Gasteiger charge is 2.13. The Balaban J connectivity index is 2.64. The van der Waals surface area contributed by atoms with Crippen molar-refractivity contribution in [2.45, 2.75) is 38.8 Å². The highest BCUT2D eigenvalue weighted by molar-refractivity contribution is 6.31. The van der Waals surface area contributed by atoms with Crippen molar-refractivity contribution in [2.75, 3.05) is 6.61 Å². The van der Waals surface area contributed by atoms with Gasteiger partial charge in [-0.2, -0.15) is 0 Å². The largest absolute Gasteiger partial charge is 0.396 e. The van der Waals surface area contributed by atoms with Crippen LogP contribution in [0.1, 0.15) is 38.3 Å². The van der Waals surface area contributed by atoms with Crippen LogP contribution in [0.25, 0.3) is 0 Å². The molecule has 0 heterocycles. The summed E-state index contributed by atoms with van der Waals surface area (Å²) in [6.45, 7) is 4.44. The molecule has 0 fully saturated rings. The normalized spacial score (nSPS) is 14.8. The van der Waals surface area contributed by atoms with Gasteiger partial charge in [0, 0.05) is 23.7 Å². The van der Waals surface area contributed by atoms with Gasteiger partial charge in [-0.15, -0.1) is 0 Å². The van der Waals surface area contributed by atoms with Crippen molar-refractivity contribution in [3.05, 3.63) is 34.9 Å². The summed E-state index contributed by atoms with van der Waals surface area (Å²) in [6.07, 6.45) is 1.79. The van der Waals surface area contributed by atoms with Crippen molar-refractivity contribution in [3.63, 3.8) is 0 Å². The van der Waals surface area contributed by atoms with E-state index in [0.29, 0.717) is 6.04 Å². The predicted molar refractivity (Wildman–Crippen MR) is 68.8 cm³/mol. The van der Waals surface area contributed by atoms with Gasteiger partial charge in [-0.1, -0.05) is 36.7 Å². The molecule has 0 aliphatic rings. The lowest BCUT2D eigenvalue weighted by Gasteiger charge is -2.22. The number of aliphatic hydroxyl groups excluding tert-OH is 1. The van der Waals surface area contributed by atoms with Gasteiger partial charge in [0.25, 0.3) is 0 Å². The van der Waals surface area contributed by atoms with E-state index in [9.17, 15) is 0 Å². The summed E-state index contributed by atoms with van der Waals surface area (Å²) in [5, 5.41) is 13.2. The average molecular weight is 242 g/mol. The standard InChI is InChI=1S/C13H20ClNO/c1-3-11(8-9-16)15-10(2)12-6-4-5-7-13(12)14/h4-7,10-11,15-16H,3,8-9H2,1-2H3. The van der Waals surface area contributed by atoms with Crippen LogP contribution in [0.15, 0.2) is 24.3 Å². The Morgan fingerprint density at radius 3 is 2.62 bits per heavy atom. The summed E-state index contributed by atoms with van der Waals surface area (Å²) in [4.78, 5) is 0. The fraction of sp³-hybridized carbons (Fsp3) is 0.538. The molecule has 2 nitrogen and oxygen atoms in total. The van der Waals surface area contributed by atoms with Gasteiger partial charge in [0.15, 0.2) is 0 Å². The van der Waals surface area contributed by atoms with Crippen LogP contribution in [0, 0.1) is 0 Å². The van der Waals surface area contributed by atoms with Crippen molar-refractivity contribution in [3.8, 4) is 0 Å². The monoisotopic (exact) mass is 241 g/mol. The van der Waals surface area contributed by atoms with Crippen molar-refractivity contribution in [1.29, 1.82) is 0 Å². The first kappa shape index (κ1) is 13.5. The van der Waals surface area contributed by atoms with E-state index in [4.69, 9.17) is 16.7 Å². The Bertz CT molecular complexity index is 317. The molecule has 0 saturated carbocycles. The minimum atomic E-state index is 0.213. The molecule has 0 amide bonds. The van der Waals surface area contributed by atoms with Gasteiger partial charge in [0.05, 0.1) is 0 Å². The number of hydrogen-bond donors (Lipinski definition) is 2. The van der Waals surface area contributed by atoms with Crippen molar-refractivity contribution in [1.82, 2.24) is 5.32 Å². The summed E-state index contributed by atoms with van der Waals surface area (Å²) >= 11 is 6.13. The van der Waals surface area contributed by atoms with E-state index in [1.54, 1.807) is 0 Å². The second kappa shape index (κ2) is 6.89. The summed E-state index contributed by atoms with van der Waals surface area (Å²) in [5.41, 5.74) is 1.11. The second-order valence-electron chi connectivity index (χ2n) is 4.03. The molecule has 16 heavy (non-hydrogen) atoms. The molecular formula is C13H20ClNO. The smallest absolute Gasteiger partial charge is 0.0453 e. The molecule has 0 aromatic heterocycles. The summed E-state index contributed by atoms with van der Waals surface area (Å²) < 4.78 is 0. The summed E-state index contributed by atoms with van der Waals surface area (Å²) in [7, 11) is 0. The first-order valence-electron chi connectivity index (χ1n) is 5.80. The Hall–Kier alpha value is -0.570. The molecule has 2 N–H and O–H groups in total. The van der Waals surface area contributed by atoms with Gasteiger partial charge in [-0.25, -0.2) is 0 Å². The molecule has 0 saturated heterocycles. The predicted octanol–water partition coefficient (Wildman–Crippen LogP) is 3.15. The Labute approximate surface area is 103 Å². The van der Waals surface area contributed by atoms with Crippen molar-refractivity contribution >= 4 is 11.6 Å². The first-order valence-corrected chi connectivity index (χ1v) is 6.18. The van der Waals surface area contributed by atoms with Gasteiger partial charge in [-0.3, -0.25) is 0 Å². The van der Waals surface area contributed by atoms with Crippen LogP contribution >= 0.6 is 11.6 Å². The number of hydrogen-bond acceptors (Lipinski definition) is 2.